The Morgan fingerprint density at radius 3 is 3.00 bits per heavy atom. The number of pyridine rings is 1. The van der Waals surface area contributed by atoms with E-state index in [1.807, 2.05) is 23.6 Å². The van der Waals surface area contributed by atoms with Crippen LogP contribution >= 0.6 is 38.5 Å². The third-order valence-corrected chi connectivity index (χ3v) is 3.09. The molecule has 2 heterocycles. The number of anilines is 1. The molecule has 2 aromatic heterocycles. The Morgan fingerprint density at radius 2 is 2.31 bits per heavy atom. The average Bonchev–Trinajstić information content (AvgIpc) is 2.32. The lowest BCUT2D eigenvalue weighted by Gasteiger charge is -1.99. The minimum Gasteiger partial charge on any atom is -0.383 e. The molecule has 3 nitrogen and oxygen atoms in total. The van der Waals surface area contributed by atoms with E-state index in [1.54, 1.807) is 0 Å². The first-order valence-corrected chi connectivity index (χ1v) is 5.56. The largest absolute Gasteiger partial charge is 0.383 e. The second kappa shape index (κ2) is 3.13. The molecular formula is C8H7BrIN3. The highest BCUT2D eigenvalue weighted by Gasteiger charge is 2.08. The van der Waals surface area contributed by atoms with Crippen molar-refractivity contribution in [3.8, 4) is 0 Å². The molecule has 0 unspecified atom stereocenters. The van der Waals surface area contributed by atoms with Crippen LogP contribution in [0.2, 0.25) is 0 Å². The first-order valence-electron chi connectivity index (χ1n) is 3.69. The number of nitrogens with zero attached hydrogens (tertiary/aromatic N) is 2. The SMILES string of the molecule is Cc1nc2c(I)cc(Br)cn2c1N. The van der Waals surface area contributed by atoms with Crippen molar-refractivity contribution >= 4 is 50.0 Å². The summed E-state index contributed by atoms with van der Waals surface area (Å²) in [6.45, 7) is 1.91. The molecule has 2 rings (SSSR count). The molecule has 0 aliphatic carbocycles. The van der Waals surface area contributed by atoms with Crippen molar-refractivity contribution in [3.05, 3.63) is 26.0 Å². The zero-order chi connectivity index (χ0) is 9.59. The molecule has 0 saturated heterocycles. The Morgan fingerprint density at radius 1 is 1.62 bits per heavy atom. The molecule has 0 aromatic carbocycles. The van der Waals surface area contributed by atoms with Gasteiger partial charge in [-0.2, -0.15) is 0 Å². The molecule has 0 saturated carbocycles. The molecule has 68 valence electrons. The van der Waals surface area contributed by atoms with Gasteiger partial charge in [0.15, 0.2) is 5.65 Å². The first-order chi connectivity index (χ1) is 6.09. The van der Waals surface area contributed by atoms with Crippen LogP contribution in [-0.4, -0.2) is 9.38 Å². The predicted molar refractivity (Wildman–Crippen MR) is 64.8 cm³/mol. The van der Waals surface area contributed by atoms with E-state index < -0.39 is 0 Å². The lowest BCUT2D eigenvalue weighted by molar-refractivity contribution is 1.17. The van der Waals surface area contributed by atoms with Crippen LogP contribution in [0.3, 0.4) is 0 Å². The van der Waals surface area contributed by atoms with Crippen molar-refractivity contribution in [1.82, 2.24) is 9.38 Å². The van der Waals surface area contributed by atoms with E-state index >= 15 is 0 Å². The van der Waals surface area contributed by atoms with Crippen LogP contribution in [0, 0.1) is 10.5 Å². The Hall–Kier alpha value is -0.300. The van der Waals surface area contributed by atoms with E-state index in [2.05, 4.69) is 43.5 Å². The first kappa shape index (κ1) is 9.26. The molecule has 0 spiro atoms. The highest BCUT2D eigenvalue weighted by atomic mass is 127. The molecule has 0 fully saturated rings. The van der Waals surface area contributed by atoms with Crippen molar-refractivity contribution in [3.63, 3.8) is 0 Å². The molecule has 2 N–H and O–H groups in total. The van der Waals surface area contributed by atoms with E-state index in [0.717, 1.165) is 19.4 Å². The van der Waals surface area contributed by atoms with Gasteiger partial charge in [0.05, 0.1) is 9.26 Å². The fourth-order valence-electron chi connectivity index (χ4n) is 1.20. The van der Waals surface area contributed by atoms with Gasteiger partial charge in [-0.15, -0.1) is 0 Å². The molecule has 0 atom stereocenters. The number of nitrogens with two attached hydrogens (primary N) is 1. The Labute approximate surface area is 97.6 Å². The molecule has 5 heteroatoms. The monoisotopic (exact) mass is 351 g/mol. The summed E-state index contributed by atoms with van der Waals surface area (Å²) in [5.41, 5.74) is 7.64. The standard InChI is InChI=1S/C8H7BrIN3/c1-4-7(11)13-3-5(9)2-6(10)8(13)12-4/h2-3H,11H2,1H3. The van der Waals surface area contributed by atoms with Crippen molar-refractivity contribution in [2.75, 3.05) is 5.73 Å². The van der Waals surface area contributed by atoms with Gasteiger partial charge in [0, 0.05) is 10.7 Å². The fraction of sp³-hybridized carbons (Fsp3) is 0.125. The quantitative estimate of drug-likeness (QED) is 0.741. The number of nitrogen functional groups attached to an aromatic ring is 1. The number of imidazole rings is 1. The summed E-state index contributed by atoms with van der Waals surface area (Å²) in [5, 5.41) is 0. The van der Waals surface area contributed by atoms with Gasteiger partial charge >= 0.3 is 0 Å². The van der Waals surface area contributed by atoms with Gasteiger partial charge in [0.25, 0.3) is 0 Å². The topological polar surface area (TPSA) is 43.3 Å². The highest BCUT2D eigenvalue weighted by molar-refractivity contribution is 14.1. The lowest BCUT2D eigenvalue weighted by Crippen LogP contribution is -1.94. The molecule has 13 heavy (non-hydrogen) atoms. The van der Waals surface area contributed by atoms with Crippen molar-refractivity contribution < 1.29 is 0 Å². The minimum atomic E-state index is 0.703. The highest BCUT2D eigenvalue weighted by Crippen LogP contribution is 2.22. The Bertz CT molecular complexity index is 478. The summed E-state index contributed by atoms with van der Waals surface area (Å²) >= 11 is 5.66. The summed E-state index contributed by atoms with van der Waals surface area (Å²) in [6.07, 6.45) is 1.92. The van der Waals surface area contributed by atoms with Gasteiger partial charge in [-0.1, -0.05) is 0 Å². The van der Waals surface area contributed by atoms with E-state index in [4.69, 9.17) is 5.73 Å². The molecule has 0 bridgehead atoms. The number of hydrogen-bond donors (Lipinski definition) is 1. The minimum absolute atomic E-state index is 0.703. The zero-order valence-electron chi connectivity index (χ0n) is 6.88. The van der Waals surface area contributed by atoms with Crippen LogP contribution in [0.4, 0.5) is 5.82 Å². The third kappa shape index (κ3) is 1.43. The van der Waals surface area contributed by atoms with Crippen molar-refractivity contribution in [2.24, 2.45) is 0 Å². The van der Waals surface area contributed by atoms with Crippen LogP contribution < -0.4 is 5.73 Å². The number of aromatic nitrogens is 2. The van der Waals surface area contributed by atoms with E-state index in [0.29, 0.717) is 5.82 Å². The van der Waals surface area contributed by atoms with Crippen LogP contribution in [0.15, 0.2) is 16.7 Å². The summed E-state index contributed by atoms with van der Waals surface area (Å²) in [4.78, 5) is 4.36. The van der Waals surface area contributed by atoms with Gasteiger partial charge in [-0.05, 0) is 51.5 Å². The van der Waals surface area contributed by atoms with Crippen LogP contribution in [0.1, 0.15) is 5.69 Å². The van der Waals surface area contributed by atoms with Gasteiger partial charge in [0.2, 0.25) is 0 Å². The van der Waals surface area contributed by atoms with Crippen LogP contribution in [0.5, 0.6) is 0 Å². The average molecular weight is 352 g/mol. The summed E-state index contributed by atoms with van der Waals surface area (Å²) in [6, 6.07) is 2.02. The smallest absolute Gasteiger partial charge is 0.152 e. The normalized spacial score (nSPS) is 11.0. The van der Waals surface area contributed by atoms with Crippen molar-refractivity contribution in [1.29, 1.82) is 0 Å². The summed E-state index contributed by atoms with van der Waals surface area (Å²) in [7, 11) is 0. The molecular weight excluding hydrogens is 345 g/mol. The van der Waals surface area contributed by atoms with Gasteiger partial charge < -0.3 is 5.73 Å². The van der Waals surface area contributed by atoms with E-state index in [1.165, 1.54) is 0 Å². The Kier molecular flexibility index (Phi) is 2.23. The maximum absolute atomic E-state index is 5.85. The second-order valence-corrected chi connectivity index (χ2v) is 4.86. The number of rotatable bonds is 0. The lowest BCUT2D eigenvalue weighted by atomic mass is 10.5. The maximum atomic E-state index is 5.85. The zero-order valence-corrected chi connectivity index (χ0v) is 10.6. The third-order valence-electron chi connectivity index (χ3n) is 1.86. The number of fused-ring (bicyclic) bond motifs is 1. The molecule has 0 amide bonds. The maximum Gasteiger partial charge on any atom is 0.152 e. The van der Waals surface area contributed by atoms with Crippen LogP contribution in [0.25, 0.3) is 5.65 Å². The number of aryl methyl sites for hydroxylation is 1. The fourth-order valence-corrected chi connectivity index (χ4v) is 2.78. The molecule has 2 aromatic rings. The van der Waals surface area contributed by atoms with Gasteiger partial charge in [-0.25, -0.2) is 4.98 Å². The van der Waals surface area contributed by atoms with Crippen molar-refractivity contribution in [2.45, 2.75) is 6.92 Å². The van der Waals surface area contributed by atoms with Gasteiger partial charge in [0.1, 0.15) is 5.82 Å². The van der Waals surface area contributed by atoms with Crippen LogP contribution in [-0.2, 0) is 0 Å². The molecule has 0 radical (unpaired) electrons. The summed E-state index contributed by atoms with van der Waals surface area (Å²) < 4.78 is 3.99. The molecule has 0 aliphatic heterocycles. The summed E-state index contributed by atoms with van der Waals surface area (Å²) in [5.74, 6) is 0.703. The number of hydrogen-bond acceptors (Lipinski definition) is 2. The van der Waals surface area contributed by atoms with Gasteiger partial charge in [-0.3, -0.25) is 4.40 Å². The molecule has 0 aliphatic rings. The van der Waals surface area contributed by atoms with E-state index in [9.17, 15) is 0 Å². The second-order valence-electron chi connectivity index (χ2n) is 2.78. The Balaban J connectivity index is 2.94. The predicted octanol–water partition coefficient (Wildman–Crippen LogP) is 2.59. The number of halogens is 2. The van der Waals surface area contributed by atoms with E-state index in [-0.39, 0.29) is 0 Å².